The number of nitrogens with zero attached hydrogens (tertiary/aromatic N) is 2. The van der Waals surface area contributed by atoms with Gasteiger partial charge in [0.05, 0.1) is 32.0 Å². The Morgan fingerprint density at radius 2 is 1.84 bits per heavy atom. The molecule has 1 aromatic rings. The number of hydrogen-bond donors (Lipinski definition) is 2. The number of aryl methyl sites for hydroxylation is 1. The maximum atomic E-state index is 13.4. The third kappa shape index (κ3) is 5.75. The third-order valence-corrected chi connectivity index (χ3v) is 15.2. The number of imidazole rings is 1. The second kappa shape index (κ2) is 13.4. The van der Waals surface area contributed by atoms with Gasteiger partial charge in [-0.15, -0.1) is 0 Å². The minimum atomic E-state index is -0.671. The number of rotatable bonds is 11. The zero-order chi connectivity index (χ0) is 36.3. The van der Waals surface area contributed by atoms with E-state index in [4.69, 9.17) is 14.2 Å². The van der Waals surface area contributed by atoms with Crippen molar-refractivity contribution < 1.29 is 33.7 Å². The molecular formula is C40H61N3O7. The van der Waals surface area contributed by atoms with E-state index in [-0.39, 0.29) is 52.5 Å². The van der Waals surface area contributed by atoms with E-state index in [1.165, 1.54) is 12.5 Å². The predicted molar refractivity (Wildman–Crippen MR) is 189 cm³/mol. The third-order valence-electron chi connectivity index (χ3n) is 15.2. The van der Waals surface area contributed by atoms with Crippen molar-refractivity contribution in [2.75, 3.05) is 26.3 Å². The highest BCUT2D eigenvalue weighted by atomic mass is 16.6. The second-order valence-electron chi connectivity index (χ2n) is 17.9. The molecule has 2 bridgehead atoms. The van der Waals surface area contributed by atoms with Gasteiger partial charge in [0, 0.05) is 36.7 Å². The molecule has 6 rings (SSSR count). The van der Waals surface area contributed by atoms with Gasteiger partial charge in [0.2, 0.25) is 0 Å². The second-order valence-corrected chi connectivity index (χ2v) is 17.9. The summed E-state index contributed by atoms with van der Waals surface area (Å²) in [5, 5.41) is 14.2. The first-order valence-electron chi connectivity index (χ1n) is 19.1. The molecule has 4 aliphatic carbocycles. The molecule has 278 valence electrons. The van der Waals surface area contributed by atoms with Crippen LogP contribution in [0.5, 0.6) is 0 Å². The molecule has 10 heteroatoms. The number of ether oxygens (including phenoxy) is 3. The summed E-state index contributed by atoms with van der Waals surface area (Å²) >= 11 is 0. The minimum absolute atomic E-state index is 0.0726. The SMILES string of the molecule is CC(=O)O[C@@H]1C[C@]23COC[C@@](C)([C@@H]2CC[C@H]2C3=CC[C@@]3(C)[C@H](C(=O)O)[C@@](C)([C@H](C)C(C)C)CC[C@]23C)[C@H]1OC(=O)CNCCCn1ccnc1. The van der Waals surface area contributed by atoms with Crippen molar-refractivity contribution in [3.8, 4) is 0 Å². The molecule has 5 aliphatic rings. The summed E-state index contributed by atoms with van der Waals surface area (Å²) in [7, 11) is 0. The molecule has 0 radical (unpaired) electrons. The number of fused-ring (bicyclic) bond motifs is 3. The van der Waals surface area contributed by atoms with Gasteiger partial charge in [-0.3, -0.25) is 14.4 Å². The Kier molecular flexibility index (Phi) is 9.90. The number of carbonyl (C=O) groups excluding carboxylic acids is 2. The molecule has 11 atom stereocenters. The molecule has 0 unspecified atom stereocenters. The summed E-state index contributed by atoms with van der Waals surface area (Å²) in [5.41, 5.74) is -0.501. The van der Waals surface area contributed by atoms with Crippen LogP contribution in [-0.2, 0) is 35.1 Å². The van der Waals surface area contributed by atoms with Gasteiger partial charge in [0.1, 0.15) is 12.2 Å². The topological polar surface area (TPSA) is 129 Å². The van der Waals surface area contributed by atoms with E-state index in [2.05, 4.69) is 64.8 Å². The summed E-state index contributed by atoms with van der Waals surface area (Å²) in [6.07, 6.45) is 12.4. The number of allylic oxidation sites excluding steroid dienone is 1. The Labute approximate surface area is 298 Å². The van der Waals surface area contributed by atoms with Gasteiger partial charge in [0.25, 0.3) is 0 Å². The molecule has 0 spiro atoms. The summed E-state index contributed by atoms with van der Waals surface area (Å²) in [6, 6.07) is 0. The van der Waals surface area contributed by atoms with E-state index in [0.29, 0.717) is 38.5 Å². The first-order valence-corrected chi connectivity index (χ1v) is 19.1. The highest BCUT2D eigenvalue weighted by molar-refractivity contribution is 5.73. The largest absolute Gasteiger partial charge is 0.481 e. The fraction of sp³-hybridized carbons (Fsp3) is 0.800. The zero-order valence-corrected chi connectivity index (χ0v) is 31.6. The van der Waals surface area contributed by atoms with Crippen LogP contribution in [0.4, 0.5) is 0 Å². The molecule has 0 amide bonds. The summed E-state index contributed by atoms with van der Waals surface area (Å²) in [4.78, 5) is 43.4. The lowest BCUT2D eigenvalue weighted by Crippen LogP contribution is -2.70. The van der Waals surface area contributed by atoms with Crippen LogP contribution in [-0.4, -0.2) is 71.1 Å². The van der Waals surface area contributed by atoms with Gasteiger partial charge >= 0.3 is 17.9 Å². The van der Waals surface area contributed by atoms with Crippen LogP contribution < -0.4 is 5.32 Å². The Morgan fingerprint density at radius 1 is 1.08 bits per heavy atom. The maximum absolute atomic E-state index is 13.4. The molecular weight excluding hydrogens is 634 g/mol. The number of aliphatic carboxylic acids is 1. The highest BCUT2D eigenvalue weighted by Gasteiger charge is 2.72. The van der Waals surface area contributed by atoms with Gasteiger partial charge in [-0.2, -0.15) is 0 Å². The van der Waals surface area contributed by atoms with Gasteiger partial charge in [-0.25, -0.2) is 4.98 Å². The zero-order valence-electron chi connectivity index (χ0n) is 31.6. The molecule has 1 aliphatic heterocycles. The predicted octanol–water partition coefficient (Wildman–Crippen LogP) is 6.29. The first-order chi connectivity index (χ1) is 23.5. The lowest BCUT2D eigenvalue weighted by atomic mass is 9.34. The molecule has 0 aromatic carbocycles. The van der Waals surface area contributed by atoms with E-state index in [0.717, 1.165) is 38.6 Å². The van der Waals surface area contributed by atoms with Crippen molar-refractivity contribution in [2.45, 2.75) is 119 Å². The number of esters is 2. The quantitative estimate of drug-likeness (QED) is 0.156. The van der Waals surface area contributed by atoms with Crippen molar-refractivity contribution >= 4 is 17.9 Å². The average Bonchev–Trinajstić information content (AvgIpc) is 3.56. The lowest BCUT2D eigenvalue weighted by molar-refractivity contribution is -0.262. The molecule has 2 heterocycles. The number of carbonyl (C=O) groups is 3. The molecule has 50 heavy (non-hydrogen) atoms. The van der Waals surface area contributed by atoms with Crippen LogP contribution in [0, 0.1) is 56.7 Å². The fourth-order valence-corrected chi connectivity index (χ4v) is 12.3. The summed E-state index contributed by atoms with van der Waals surface area (Å²) < 4.78 is 20.9. The normalized spacial score (nSPS) is 41.2. The van der Waals surface area contributed by atoms with Crippen LogP contribution >= 0.6 is 0 Å². The van der Waals surface area contributed by atoms with Crippen molar-refractivity contribution in [3.63, 3.8) is 0 Å². The number of hydrogen-bond acceptors (Lipinski definition) is 8. The standard InChI is InChI=1S/C40H61N3O7/c1-25(2)26(3)36(5)14-15-38(7)28-10-11-31-37(6)22-48-23-40(31,29(28)12-13-39(38,8)33(36)35(46)47)20-30(49-27(4)44)34(37)50-32(45)21-41-16-9-18-43-19-17-42-24-43/h12,17,19,24-26,28,30-31,33-34,41H,9-11,13-16,18,20-23H2,1-8H3,(H,46,47)/t26-,28+,30-,31+,33-,34+,36-,37+,38-,39+,40-/m1/s1. The van der Waals surface area contributed by atoms with E-state index in [1.807, 2.05) is 10.8 Å². The van der Waals surface area contributed by atoms with Crippen molar-refractivity contribution in [3.05, 3.63) is 30.4 Å². The van der Waals surface area contributed by atoms with Gasteiger partial charge in [-0.05, 0) is 91.4 Å². The average molecular weight is 696 g/mol. The van der Waals surface area contributed by atoms with E-state index < -0.39 is 34.9 Å². The number of carboxylic acid groups (broad SMARTS) is 1. The molecule has 2 N–H and O–H groups in total. The molecule has 10 nitrogen and oxygen atoms in total. The fourth-order valence-electron chi connectivity index (χ4n) is 12.3. The lowest BCUT2D eigenvalue weighted by Gasteiger charge is -2.71. The number of nitrogens with one attached hydrogen (secondary N) is 1. The smallest absolute Gasteiger partial charge is 0.320 e. The van der Waals surface area contributed by atoms with E-state index in [9.17, 15) is 19.5 Å². The van der Waals surface area contributed by atoms with Crippen LogP contribution in [0.1, 0.15) is 100 Å². The van der Waals surface area contributed by atoms with Gasteiger partial charge in [0.15, 0.2) is 0 Å². The van der Waals surface area contributed by atoms with Crippen LogP contribution in [0.3, 0.4) is 0 Å². The molecule has 3 saturated carbocycles. The van der Waals surface area contributed by atoms with Gasteiger partial charge < -0.3 is 29.2 Å². The Balaban J connectivity index is 1.28. The molecule has 4 fully saturated rings. The number of carboxylic acids is 1. The number of aromatic nitrogens is 2. The van der Waals surface area contributed by atoms with E-state index in [1.54, 1.807) is 12.5 Å². The Morgan fingerprint density at radius 3 is 2.50 bits per heavy atom. The van der Waals surface area contributed by atoms with Gasteiger partial charge in [-0.1, -0.05) is 60.1 Å². The molecule has 1 saturated heterocycles. The Hall–Kier alpha value is -2.72. The van der Waals surface area contributed by atoms with Crippen molar-refractivity contribution in [2.24, 2.45) is 56.7 Å². The maximum Gasteiger partial charge on any atom is 0.320 e. The summed E-state index contributed by atoms with van der Waals surface area (Å²) in [5.74, 6) is -0.829. The first kappa shape index (κ1) is 37.1. The molecule has 1 aromatic heterocycles. The highest BCUT2D eigenvalue weighted by Crippen LogP contribution is 2.75. The van der Waals surface area contributed by atoms with E-state index >= 15 is 0 Å². The Bertz CT molecular complexity index is 1480. The monoisotopic (exact) mass is 695 g/mol. The van der Waals surface area contributed by atoms with Crippen molar-refractivity contribution in [1.29, 1.82) is 0 Å². The summed E-state index contributed by atoms with van der Waals surface area (Å²) in [6.45, 7) is 19.6. The van der Waals surface area contributed by atoms with Crippen molar-refractivity contribution in [1.82, 2.24) is 14.9 Å². The minimum Gasteiger partial charge on any atom is -0.481 e. The van der Waals surface area contributed by atoms with Crippen LogP contribution in [0.25, 0.3) is 0 Å². The van der Waals surface area contributed by atoms with Crippen LogP contribution in [0.15, 0.2) is 30.4 Å². The van der Waals surface area contributed by atoms with Crippen LogP contribution in [0.2, 0.25) is 0 Å².